The average Bonchev–Trinajstić information content (AvgIpc) is 3.41. The van der Waals surface area contributed by atoms with E-state index >= 15 is 0 Å². The molecule has 1 aliphatic rings. The van der Waals surface area contributed by atoms with Crippen LogP contribution in [-0.4, -0.2) is 36.1 Å². The van der Waals surface area contributed by atoms with Crippen molar-refractivity contribution in [2.45, 2.75) is 31.6 Å². The number of methoxy groups -OCH3 is 1. The van der Waals surface area contributed by atoms with Gasteiger partial charge in [0, 0.05) is 48.5 Å². The highest BCUT2D eigenvalue weighted by Gasteiger charge is 2.47. The maximum atomic E-state index is 13.9. The second-order valence-electron chi connectivity index (χ2n) is 9.56. The van der Waals surface area contributed by atoms with Crippen LogP contribution >= 0.6 is 0 Å². The number of aromatic amines is 1. The van der Waals surface area contributed by atoms with Crippen molar-refractivity contribution in [2.75, 3.05) is 13.7 Å². The summed E-state index contributed by atoms with van der Waals surface area (Å²) in [5.41, 5.74) is 4.47. The quantitative estimate of drug-likeness (QED) is 0.340. The summed E-state index contributed by atoms with van der Waals surface area (Å²) in [6.07, 6.45) is 0.758. The third-order valence-corrected chi connectivity index (χ3v) is 7.30. The first-order valence-corrected chi connectivity index (χ1v) is 12.6. The normalized spacial score (nSPS) is 18.2. The number of ketones is 2. The number of carbonyl (C=O) groups excluding carboxylic acids is 3. The van der Waals surface area contributed by atoms with Gasteiger partial charge in [0.1, 0.15) is 11.5 Å². The third kappa shape index (κ3) is 4.79. The standard InChI is InChI=1S/C31H30N2O4/c1-19(34)32-16-15-24-23-14-13-22(37-2)17-26(23)33-30(24)28(21-11-7-4-8-12-21)29-27(35)18-25(31(29)36)20-9-5-3-6-10-20/h3-14,17,25,28-29,33H,15-16,18H2,1-2H3,(H,32,34). The summed E-state index contributed by atoms with van der Waals surface area (Å²) in [7, 11) is 1.62. The van der Waals surface area contributed by atoms with Crippen LogP contribution < -0.4 is 10.1 Å². The number of Topliss-reactive ketones (excluding diaryl/α,β-unsaturated/α-hetero) is 2. The molecule has 1 aliphatic carbocycles. The highest BCUT2D eigenvalue weighted by molar-refractivity contribution is 6.13. The number of ether oxygens (including phenoxy) is 1. The number of fused-ring (bicyclic) bond motifs is 1. The molecule has 3 aromatic carbocycles. The first-order chi connectivity index (χ1) is 18.0. The smallest absolute Gasteiger partial charge is 0.216 e. The Hall–Kier alpha value is -4.19. The van der Waals surface area contributed by atoms with E-state index in [9.17, 15) is 14.4 Å². The molecule has 188 valence electrons. The van der Waals surface area contributed by atoms with Gasteiger partial charge in [-0.1, -0.05) is 60.7 Å². The summed E-state index contributed by atoms with van der Waals surface area (Å²) in [5.74, 6) is -1.21. The van der Waals surface area contributed by atoms with Crippen molar-refractivity contribution >= 4 is 28.4 Å². The predicted octanol–water partition coefficient (Wildman–Crippen LogP) is 4.93. The third-order valence-electron chi connectivity index (χ3n) is 7.30. The number of nitrogens with one attached hydrogen (secondary N) is 2. The van der Waals surface area contributed by atoms with Crippen LogP contribution in [0.3, 0.4) is 0 Å². The van der Waals surface area contributed by atoms with Gasteiger partial charge in [0.05, 0.1) is 18.9 Å². The molecule has 3 atom stereocenters. The first kappa shape index (κ1) is 24.5. The zero-order valence-electron chi connectivity index (χ0n) is 21.0. The van der Waals surface area contributed by atoms with E-state index in [0.29, 0.717) is 18.7 Å². The van der Waals surface area contributed by atoms with Crippen molar-refractivity contribution in [3.8, 4) is 5.75 Å². The molecule has 6 heteroatoms. The van der Waals surface area contributed by atoms with E-state index in [4.69, 9.17) is 4.74 Å². The molecule has 0 radical (unpaired) electrons. The van der Waals surface area contributed by atoms with Gasteiger partial charge in [0.15, 0.2) is 5.78 Å². The molecule has 1 fully saturated rings. The van der Waals surface area contributed by atoms with Crippen molar-refractivity contribution < 1.29 is 19.1 Å². The highest BCUT2D eigenvalue weighted by Crippen LogP contribution is 2.45. The van der Waals surface area contributed by atoms with E-state index in [1.54, 1.807) is 7.11 Å². The van der Waals surface area contributed by atoms with Crippen molar-refractivity contribution in [1.82, 2.24) is 10.3 Å². The molecule has 2 N–H and O–H groups in total. The molecule has 1 heterocycles. The fraction of sp³-hybridized carbons (Fsp3) is 0.258. The molecule has 6 nitrogen and oxygen atoms in total. The molecule has 3 unspecified atom stereocenters. The average molecular weight is 495 g/mol. The number of benzene rings is 3. The van der Waals surface area contributed by atoms with Gasteiger partial charge in [-0.3, -0.25) is 14.4 Å². The molecule has 4 aromatic rings. The first-order valence-electron chi connectivity index (χ1n) is 12.6. The van der Waals surface area contributed by atoms with Gasteiger partial charge in [-0.25, -0.2) is 0 Å². The fourth-order valence-corrected chi connectivity index (χ4v) is 5.59. The van der Waals surface area contributed by atoms with Crippen LogP contribution in [0.1, 0.15) is 47.6 Å². The Morgan fingerprint density at radius 3 is 2.41 bits per heavy atom. The second kappa shape index (κ2) is 10.4. The number of hydrogen-bond donors (Lipinski definition) is 2. The van der Waals surface area contributed by atoms with Crippen LogP contribution in [0.4, 0.5) is 0 Å². The van der Waals surface area contributed by atoms with Crippen LogP contribution in [0.2, 0.25) is 0 Å². The predicted molar refractivity (Wildman–Crippen MR) is 143 cm³/mol. The SMILES string of the molecule is COc1ccc2c(CCNC(C)=O)c(C(c3ccccc3)C3C(=O)CC(c4ccccc4)C3=O)[nH]c2c1. The number of hydrogen-bond acceptors (Lipinski definition) is 4. The summed E-state index contributed by atoms with van der Waals surface area (Å²) in [5, 5.41) is 3.87. The minimum Gasteiger partial charge on any atom is -0.497 e. The lowest BCUT2D eigenvalue weighted by Gasteiger charge is -2.24. The topological polar surface area (TPSA) is 88.3 Å². The van der Waals surface area contributed by atoms with Crippen molar-refractivity contribution in [1.29, 1.82) is 0 Å². The summed E-state index contributed by atoms with van der Waals surface area (Å²) < 4.78 is 5.44. The van der Waals surface area contributed by atoms with E-state index in [2.05, 4.69) is 10.3 Å². The lowest BCUT2D eigenvalue weighted by Crippen LogP contribution is -2.27. The van der Waals surface area contributed by atoms with Crippen LogP contribution in [0.15, 0.2) is 78.9 Å². The van der Waals surface area contributed by atoms with Gasteiger partial charge in [0.25, 0.3) is 0 Å². The van der Waals surface area contributed by atoms with Crippen LogP contribution in [0, 0.1) is 5.92 Å². The Morgan fingerprint density at radius 2 is 1.73 bits per heavy atom. The van der Waals surface area contributed by atoms with Gasteiger partial charge in [-0.05, 0) is 35.2 Å². The maximum Gasteiger partial charge on any atom is 0.216 e. The molecule has 0 spiro atoms. The van der Waals surface area contributed by atoms with E-state index in [1.165, 1.54) is 6.92 Å². The Kier molecular flexibility index (Phi) is 6.91. The zero-order chi connectivity index (χ0) is 25.9. The van der Waals surface area contributed by atoms with E-state index in [0.717, 1.165) is 33.3 Å². The minimum atomic E-state index is -0.804. The molecular formula is C31H30N2O4. The molecular weight excluding hydrogens is 464 g/mol. The molecule has 37 heavy (non-hydrogen) atoms. The molecule has 5 rings (SSSR count). The summed E-state index contributed by atoms with van der Waals surface area (Å²) >= 11 is 0. The lowest BCUT2D eigenvalue weighted by molar-refractivity contribution is -0.128. The molecule has 1 amide bonds. The Balaban J connectivity index is 1.65. The van der Waals surface area contributed by atoms with Gasteiger partial charge in [-0.2, -0.15) is 0 Å². The monoisotopic (exact) mass is 494 g/mol. The van der Waals surface area contributed by atoms with Crippen molar-refractivity contribution in [3.05, 3.63) is 101 Å². The van der Waals surface area contributed by atoms with Gasteiger partial charge >= 0.3 is 0 Å². The van der Waals surface area contributed by atoms with Crippen LogP contribution in [0.25, 0.3) is 10.9 Å². The van der Waals surface area contributed by atoms with Crippen LogP contribution in [0.5, 0.6) is 5.75 Å². The molecule has 0 aliphatic heterocycles. The van der Waals surface area contributed by atoms with Crippen LogP contribution in [-0.2, 0) is 20.8 Å². The molecule has 1 saturated carbocycles. The van der Waals surface area contributed by atoms with Gasteiger partial charge in [0.2, 0.25) is 5.91 Å². The number of H-pyrrole nitrogens is 1. The van der Waals surface area contributed by atoms with E-state index < -0.39 is 17.8 Å². The van der Waals surface area contributed by atoms with Crippen molar-refractivity contribution in [2.24, 2.45) is 5.92 Å². The number of aromatic nitrogens is 1. The van der Waals surface area contributed by atoms with Crippen molar-refractivity contribution in [3.63, 3.8) is 0 Å². The Morgan fingerprint density at radius 1 is 1.03 bits per heavy atom. The fourth-order valence-electron chi connectivity index (χ4n) is 5.59. The molecule has 0 bridgehead atoms. The number of amides is 1. The lowest BCUT2D eigenvalue weighted by atomic mass is 9.78. The molecule has 1 aromatic heterocycles. The largest absolute Gasteiger partial charge is 0.497 e. The van der Waals surface area contributed by atoms with Gasteiger partial charge in [-0.15, -0.1) is 0 Å². The summed E-state index contributed by atoms with van der Waals surface area (Å²) in [6.45, 7) is 1.94. The zero-order valence-corrected chi connectivity index (χ0v) is 21.0. The second-order valence-corrected chi connectivity index (χ2v) is 9.56. The maximum absolute atomic E-state index is 13.9. The summed E-state index contributed by atoms with van der Waals surface area (Å²) in [4.78, 5) is 42.6. The summed E-state index contributed by atoms with van der Waals surface area (Å²) in [6, 6.07) is 25.1. The minimum absolute atomic E-state index is 0.0447. The Bertz CT molecular complexity index is 1440. The highest BCUT2D eigenvalue weighted by atomic mass is 16.5. The van der Waals surface area contributed by atoms with E-state index in [1.807, 2.05) is 78.9 Å². The molecule has 0 saturated heterocycles. The van der Waals surface area contributed by atoms with Gasteiger partial charge < -0.3 is 15.0 Å². The number of rotatable bonds is 8. The Labute approximate surface area is 216 Å². The van der Waals surface area contributed by atoms with E-state index in [-0.39, 0.29) is 23.9 Å². The number of carbonyl (C=O) groups is 3.